The fraction of sp³-hybridized carbons (Fsp3) is 0.533. The van der Waals surface area contributed by atoms with Crippen molar-refractivity contribution in [2.75, 3.05) is 13.2 Å². The van der Waals surface area contributed by atoms with Crippen molar-refractivity contribution in [2.45, 2.75) is 33.3 Å². The summed E-state index contributed by atoms with van der Waals surface area (Å²) in [6, 6.07) is 7.05. The van der Waals surface area contributed by atoms with E-state index in [0.717, 1.165) is 0 Å². The average molecular weight is 265 g/mol. The van der Waals surface area contributed by atoms with Crippen molar-refractivity contribution in [3.8, 4) is 5.75 Å². The molecule has 19 heavy (non-hydrogen) atoms. The number of hydrogen-bond acceptors (Lipinski definition) is 3. The Kier molecular flexibility index (Phi) is 5.36. The van der Waals surface area contributed by atoms with Crippen LogP contribution in [0, 0.1) is 5.92 Å². The highest BCUT2D eigenvalue weighted by molar-refractivity contribution is 5.94. The summed E-state index contributed by atoms with van der Waals surface area (Å²) in [5.41, 5.74) is -0.382. The van der Waals surface area contributed by atoms with E-state index in [4.69, 9.17) is 4.74 Å². The first-order valence-electron chi connectivity index (χ1n) is 6.51. The maximum Gasteiger partial charge on any atom is 0.251 e. The molecule has 0 aromatic heterocycles. The van der Waals surface area contributed by atoms with E-state index in [1.165, 1.54) is 0 Å². The Morgan fingerprint density at radius 1 is 1.42 bits per heavy atom. The standard InChI is InChI=1S/C15H23NO3/c1-11(2)9-19-13-7-5-6-12(8-13)14(17)16-10-15(3,4)18/h5-8,11,18H,9-10H2,1-4H3,(H,16,17). The molecule has 1 aromatic rings. The van der Waals surface area contributed by atoms with Gasteiger partial charge in [-0.1, -0.05) is 19.9 Å². The lowest BCUT2D eigenvalue weighted by atomic mass is 10.1. The van der Waals surface area contributed by atoms with Gasteiger partial charge in [0.1, 0.15) is 5.75 Å². The van der Waals surface area contributed by atoms with E-state index in [2.05, 4.69) is 19.2 Å². The van der Waals surface area contributed by atoms with Crippen LogP contribution in [0.5, 0.6) is 5.75 Å². The minimum absolute atomic E-state index is 0.211. The van der Waals surface area contributed by atoms with Crippen LogP contribution in [0.4, 0.5) is 0 Å². The second-order valence-corrected chi connectivity index (χ2v) is 5.73. The van der Waals surface area contributed by atoms with Gasteiger partial charge in [0.15, 0.2) is 0 Å². The third-order valence-electron chi connectivity index (χ3n) is 2.36. The van der Waals surface area contributed by atoms with Crippen LogP contribution < -0.4 is 10.1 Å². The number of amides is 1. The summed E-state index contributed by atoms with van der Waals surface area (Å²) < 4.78 is 5.57. The molecule has 0 saturated carbocycles. The number of benzene rings is 1. The van der Waals surface area contributed by atoms with Gasteiger partial charge in [-0.2, -0.15) is 0 Å². The Bertz CT molecular complexity index is 422. The topological polar surface area (TPSA) is 58.6 Å². The SMILES string of the molecule is CC(C)COc1cccc(C(=O)NCC(C)(C)O)c1. The summed E-state index contributed by atoms with van der Waals surface area (Å²) in [7, 11) is 0. The summed E-state index contributed by atoms with van der Waals surface area (Å²) in [6.45, 7) is 8.27. The second-order valence-electron chi connectivity index (χ2n) is 5.73. The lowest BCUT2D eigenvalue weighted by molar-refractivity contribution is 0.0694. The molecule has 106 valence electrons. The molecular weight excluding hydrogens is 242 g/mol. The molecule has 1 amide bonds. The first-order valence-corrected chi connectivity index (χ1v) is 6.51. The number of hydrogen-bond donors (Lipinski definition) is 2. The molecule has 0 radical (unpaired) electrons. The predicted octanol–water partition coefficient (Wildman–Crippen LogP) is 2.22. The molecule has 4 nitrogen and oxygen atoms in total. The van der Waals surface area contributed by atoms with Crippen molar-refractivity contribution in [3.63, 3.8) is 0 Å². The monoisotopic (exact) mass is 265 g/mol. The van der Waals surface area contributed by atoms with Gasteiger partial charge in [-0.05, 0) is 38.0 Å². The van der Waals surface area contributed by atoms with Crippen LogP contribution in [0.2, 0.25) is 0 Å². The highest BCUT2D eigenvalue weighted by Crippen LogP contribution is 2.14. The van der Waals surface area contributed by atoms with E-state index in [9.17, 15) is 9.90 Å². The molecule has 0 atom stereocenters. The molecule has 0 aliphatic carbocycles. The highest BCUT2D eigenvalue weighted by Gasteiger charge is 2.15. The Labute approximate surface area is 114 Å². The zero-order chi connectivity index (χ0) is 14.5. The van der Waals surface area contributed by atoms with Gasteiger partial charge in [-0.25, -0.2) is 0 Å². The number of carbonyl (C=O) groups is 1. The van der Waals surface area contributed by atoms with Gasteiger partial charge in [0, 0.05) is 12.1 Å². The van der Waals surface area contributed by atoms with Gasteiger partial charge >= 0.3 is 0 Å². The summed E-state index contributed by atoms with van der Waals surface area (Å²) in [4.78, 5) is 11.9. The molecule has 0 spiro atoms. The molecule has 0 bridgehead atoms. The van der Waals surface area contributed by atoms with Crippen molar-refractivity contribution in [1.29, 1.82) is 0 Å². The van der Waals surface area contributed by atoms with Crippen LogP contribution in [0.15, 0.2) is 24.3 Å². The fourth-order valence-electron chi connectivity index (χ4n) is 1.39. The molecule has 4 heteroatoms. The van der Waals surface area contributed by atoms with Gasteiger partial charge < -0.3 is 15.2 Å². The quantitative estimate of drug-likeness (QED) is 0.829. The molecular formula is C15H23NO3. The molecule has 1 rings (SSSR count). The van der Waals surface area contributed by atoms with Gasteiger partial charge in [0.25, 0.3) is 5.91 Å². The first-order chi connectivity index (χ1) is 8.78. The zero-order valence-corrected chi connectivity index (χ0v) is 12.1. The highest BCUT2D eigenvalue weighted by atomic mass is 16.5. The number of rotatable bonds is 6. The van der Waals surface area contributed by atoms with Crippen molar-refractivity contribution >= 4 is 5.91 Å². The van der Waals surface area contributed by atoms with Gasteiger partial charge in [-0.15, -0.1) is 0 Å². The Morgan fingerprint density at radius 2 is 2.11 bits per heavy atom. The summed E-state index contributed by atoms with van der Waals surface area (Å²) in [5.74, 6) is 0.911. The Hall–Kier alpha value is -1.55. The van der Waals surface area contributed by atoms with Gasteiger partial charge in [0.05, 0.1) is 12.2 Å². The average Bonchev–Trinajstić information content (AvgIpc) is 2.33. The number of aliphatic hydroxyl groups is 1. The van der Waals surface area contributed by atoms with Crippen LogP contribution in [-0.4, -0.2) is 29.8 Å². The van der Waals surface area contributed by atoms with Crippen LogP contribution in [0.1, 0.15) is 38.1 Å². The minimum Gasteiger partial charge on any atom is -0.493 e. The lowest BCUT2D eigenvalue weighted by Gasteiger charge is -2.17. The molecule has 0 fully saturated rings. The van der Waals surface area contributed by atoms with Crippen LogP contribution in [0.25, 0.3) is 0 Å². The third kappa shape index (κ3) is 6.25. The van der Waals surface area contributed by atoms with Crippen LogP contribution in [-0.2, 0) is 0 Å². The molecule has 1 aromatic carbocycles. The van der Waals surface area contributed by atoms with E-state index in [1.807, 2.05) is 6.07 Å². The van der Waals surface area contributed by atoms with E-state index in [1.54, 1.807) is 32.0 Å². The maximum atomic E-state index is 11.9. The number of nitrogens with one attached hydrogen (secondary N) is 1. The largest absolute Gasteiger partial charge is 0.493 e. The van der Waals surface area contributed by atoms with Crippen molar-refractivity contribution < 1.29 is 14.6 Å². The van der Waals surface area contributed by atoms with Crippen molar-refractivity contribution in [3.05, 3.63) is 29.8 Å². The van der Waals surface area contributed by atoms with Crippen molar-refractivity contribution in [2.24, 2.45) is 5.92 Å². The summed E-state index contributed by atoms with van der Waals surface area (Å²) in [5, 5.41) is 12.3. The van der Waals surface area contributed by atoms with Crippen molar-refractivity contribution in [1.82, 2.24) is 5.32 Å². The van der Waals surface area contributed by atoms with E-state index in [0.29, 0.717) is 23.8 Å². The number of ether oxygens (including phenoxy) is 1. The summed E-state index contributed by atoms with van der Waals surface area (Å²) in [6.07, 6.45) is 0. The predicted molar refractivity (Wildman–Crippen MR) is 75.4 cm³/mol. The fourth-order valence-corrected chi connectivity index (χ4v) is 1.39. The zero-order valence-electron chi connectivity index (χ0n) is 12.1. The van der Waals surface area contributed by atoms with E-state index < -0.39 is 5.60 Å². The molecule has 0 unspecified atom stereocenters. The molecule has 0 aliphatic rings. The Morgan fingerprint density at radius 3 is 2.68 bits per heavy atom. The first kappa shape index (κ1) is 15.5. The van der Waals surface area contributed by atoms with Gasteiger partial charge in [-0.3, -0.25) is 4.79 Å². The minimum atomic E-state index is -0.915. The molecule has 0 aliphatic heterocycles. The van der Waals surface area contributed by atoms with Crippen LogP contribution in [0.3, 0.4) is 0 Å². The summed E-state index contributed by atoms with van der Waals surface area (Å²) >= 11 is 0. The van der Waals surface area contributed by atoms with Gasteiger partial charge in [0.2, 0.25) is 0 Å². The molecule has 0 heterocycles. The molecule has 2 N–H and O–H groups in total. The lowest BCUT2D eigenvalue weighted by Crippen LogP contribution is -2.38. The van der Waals surface area contributed by atoms with Crippen LogP contribution >= 0.6 is 0 Å². The van der Waals surface area contributed by atoms with E-state index >= 15 is 0 Å². The second kappa shape index (κ2) is 6.57. The normalized spacial score (nSPS) is 11.5. The maximum absolute atomic E-state index is 11.9. The Balaban J connectivity index is 2.62. The smallest absolute Gasteiger partial charge is 0.251 e. The molecule has 0 saturated heterocycles. The third-order valence-corrected chi connectivity index (χ3v) is 2.36. The van der Waals surface area contributed by atoms with E-state index in [-0.39, 0.29) is 12.5 Å². The number of carbonyl (C=O) groups excluding carboxylic acids is 1.